The summed E-state index contributed by atoms with van der Waals surface area (Å²) in [7, 11) is 0. The summed E-state index contributed by atoms with van der Waals surface area (Å²) in [4.78, 5) is 16.7. The van der Waals surface area contributed by atoms with Crippen LogP contribution in [-0.2, 0) is 11.2 Å². The van der Waals surface area contributed by atoms with E-state index >= 15 is 0 Å². The van der Waals surface area contributed by atoms with Crippen LogP contribution in [0.4, 0.5) is 17.1 Å². The molecule has 0 radical (unpaired) electrons. The number of nitrogens with one attached hydrogen (secondary N) is 2. The van der Waals surface area contributed by atoms with E-state index in [1.54, 1.807) is 6.26 Å². The van der Waals surface area contributed by atoms with Gasteiger partial charge in [0.1, 0.15) is 0 Å². The molecule has 2 aromatic heterocycles. The summed E-state index contributed by atoms with van der Waals surface area (Å²) in [5, 5.41) is 8.87. The van der Waals surface area contributed by atoms with Crippen LogP contribution in [0.15, 0.2) is 82.8 Å². The first-order valence-electron chi connectivity index (χ1n) is 8.46. The summed E-state index contributed by atoms with van der Waals surface area (Å²) in [5.41, 5.74) is 3.46. The van der Waals surface area contributed by atoms with Gasteiger partial charge in [0.25, 0.3) is 0 Å². The number of aromatic nitrogens is 1. The second kappa shape index (κ2) is 7.88. The average molecular weight is 375 g/mol. The van der Waals surface area contributed by atoms with E-state index in [0.29, 0.717) is 5.76 Å². The van der Waals surface area contributed by atoms with Crippen molar-refractivity contribution in [1.82, 2.24) is 4.98 Å². The zero-order chi connectivity index (χ0) is 18.5. The number of hydrogen-bond acceptors (Lipinski definition) is 5. The van der Waals surface area contributed by atoms with Crippen LogP contribution in [-0.4, -0.2) is 10.9 Å². The normalized spacial score (nSPS) is 10.5. The summed E-state index contributed by atoms with van der Waals surface area (Å²) in [6.45, 7) is 0. The molecule has 0 atom stereocenters. The molecule has 27 heavy (non-hydrogen) atoms. The molecule has 0 aliphatic carbocycles. The molecule has 1 amide bonds. The highest BCUT2D eigenvalue weighted by Gasteiger charge is 2.11. The number of hydrogen-bond donors (Lipinski definition) is 2. The Morgan fingerprint density at radius 2 is 1.67 bits per heavy atom. The minimum Gasteiger partial charge on any atom is -0.462 e. The van der Waals surface area contributed by atoms with E-state index in [0.717, 1.165) is 27.8 Å². The smallest absolute Gasteiger partial charge is 0.230 e. The van der Waals surface area contributed by atoms with E-state index < -0.39 is 0 Å². The maximum atomic E-state index is 12.3. The van der Waals surface area contributed by atoms with E-state index in [-0.39, 0.29) is 12.3 Å². The van der Waals surface area contributed by atoms with Gasteiger partial charge in [-0.15, -0.1) is 11.3 Å². The van der Waals surface area contributed by atoms with E-state index in [1.165, 1.54) is 11.3 Å². The first-order chi connectivity index (χ1) is 13.3. The van der Waals surface area contributed by atoms with Crippen LogP contribution in [0.25, 0.3) is 10.8 Å². The van der Waals surface area contributed by atoms with Crippen molar-refractivity contribution in [2.24, 2.45) is 0 Å². The summed E-state index contributed by atoms with van der Waals surface area (Å²) < 4.78 is 5.33. The monoisotopic (exact) mass is 375 g/mol. The fourth-order valence-electron chi connectivity index (χ4n) is 2.60. The third kappa shape index (κ3) is 4.43. The first-order valence-corrected chi connectivity index (χ1v) is 9.34. The van der Waals surface area contributed by atoms with Crippen LogP contribution < -0.4 is 10.6 Å². The minimum atomic E-state index is -0.102. The van der Waals surface area contributed by atoms with Gasteiger partial charge in [-0.25, -0.2) is 4.98 Å². The van der Waals surface area contributed by atoms with Gasteiger partial charge in [-0.2, -0.15) is 0 Å². The van der Waals surface area contributed by atoms with Gasteiger partial charge in [0, 0.05) is 22.4 Å². The Morgan fingerprint density at radius 1 is 0.926 bits per heavy atom. The van der Waals surface area contributed by atoms with Gasteiger partial charge in [0.2, 0.25) is 5.91 Å². The quantitative estimate of drug-likeness (QED) is 0.478. The Kier molecular flexibility index (Phi) is 4.98. The molecule has 0 fully saturated rings. The van der Waals surface area contributed by atoms with Crippen molar-refractivity contribution >= 4 is 34.3 Å². The lowest BCUT2D eigenvalue weighted by atomic mass is 10.2. The van der Waals surface area contributed by atoms with E-state index in [1.807, 2.05) is 72.1 Å². The molecule has 4 aromatic rings. The Balaban J connectivity index is 1.34. The number of carbonyl (C=O) groups excluding carboxylic acids is 1. The van der Waals surface area contributed by atoms with Gasteiger partial charge in [0.15, 0.2) is 10.8 Å². The number of nitrogens with zero attached hydrogens (tertiary/aromatic N) is 1. The molecule has 2 N–H and O–H groups in total. The number of thiazole rings is 1. The van der Waals surface area contributed by atoms with Crippen LogP contribution in [0.3, 0.4) is 0 Å². The van der Waals surface area contributed by atoms with Crippen molar-refractivity contribution < 1.29 is 9.21 Å². The lowest BCUT2D eigenvalue weighted by Gasteiger charge is -2.08. The predicted molar refractivity (Wildman–Crippen MR) is 108 cm³/mol. The summed E-state index contributed by atoms with van der Waals surface area (Å²) in [5.74, 6) is 0.614. The van der Waals surface area contributed by atoms with Crippen molar-refractivity contribution in [3.8, 4) is 10.8 Å². The van der Waals surface area contributed by atoms with Gasteiger partial charge in [-0.1, -0.05) is 18.2 Å². The largest absolute Gasteiger partial charge is 0.462 e. The summed E-state index contributed by atoms with van der Waals surface area (Å²) in [6, 6.07) is 21.2. The predicted octanol–water partition coefficient (Wildman–Crippen LogP) is 5.33. The third-order valence-electron chi connectivity index (χ3n) is 3.86. The lowest BCUT2D eigenvalue weighted by Crippen LogP contribution is -2.14. The molecule has 0 unspecified atom stereocenters. The highest BCUT2D eigenvalue weighted by atomic mass is 32.1. The maximum absolute atomic E-state index is 12.3. The van der Waals surface area contributed by atoms with Gasteiger partial charge in [-0.3, -0.25) is 4.79 Å². The van der Waals surface area contributed by atoms with Gasteiger partial charge >= 0.3 is 0 Å². The first kappa shape index (κ1) is 17.1. The second-order valence-electron chi connectivity index (χ2n) is 5.91. The molecule has 4 rings (SSSR count). The topological polar surface area (TPSA) is 67.2 Å². The van der Waals surface area contributed by atoms with E-state index in [2.05, 4.69) is 15.6 Å². The fourth-order valence-corrected chi connectivity index (χ4v) is 3.38. The van der Waals surface area contributed by atoms with Crippen LogP contribution in [0.1, 0.15) is 5.69 Å². The number of carbonyl (C=O) groups is 1. The van der Waals surface area contributed by atoms with E-state index in [9.17, 15) is 4.79 Å². The Hall–Kier alpha value is -3.38. The zero-order valence-electron chi connectivity index (χ0n) is 14.4. The van der Waals surface area contributed by atoms with Crippen LogP contribution in [0.2, 0.25) is 0 Å². The van der Waals surface area contributed by atoms with Crippen molar-refractivity contribution in [3.63, 3.8) is 0 Å². The second-order valence-corrected chi connectivity index (χ2v) is 6.77. The molecular weight excluding hydrogens is 358 g/mol. The highest BCUT2D eigenvalue weighted by Crippen LogP contribution is 2.24. The molecule has 0 saturated carbocycles. The number of furan rings is 1. The fraction of sp³-hybridized carbons (Fsp3) is 0.0476. The molecule has 0 aliphatic heterocycles. The van der Waals surface area contributed by atoms with Crippen molar-refractivity contribution in [3.05, 3.63) is 84.1 Å². The van der Waals surface area contributed by atoms with Crippen molar-refractivity contribution in [1.29, 1.82) is 0 Å². The molecule has 0 saturated heterocycles. The Morgan fingerprint density at radius 3 is 2.41 bits per heavy atom. The molecular formula is C21H17N3O2S. The van der Waals surface area contributed by atoms with Gasteiger partial charge in [-0.05, 0) is 48.5 Å². The number of rotatable bonds is 6. The average Bonchev–Trinajstić information content (AvgIpc) is 3.36. The molecule has 5 nitrogen and oxygen atoms in total. The van der Waals surface area contributed by atoms with Crippen LogP contribution >= 0.6 is 11.3 Å². The molecule has 134 valence electrons. The maximum Gasteiger partial charge on any atom is 0.230 e. The van der Waals surface area contributed by atoms with Crippen molar-refractivity contribution in [2.75, 3.05) is 10.6 Å². The molecule has 2 heterocycles. The molecule has 2 aromatic carbocycles. The molecule has 0 bridgehead atoms. The standard InChI is InChI=1S/C21H17N3O2S/c25-20(13-18-14-27-21(24-18)19-7-4-12-26-19)23-17-10-8-16(9-11-17)22-15-5-2-1-3-6-15/h1-12,14,22H,13H2,(H,23,25). The molecule has 0 aliphatic rings. The Bertz CT molecular complexity index is 1010. The summed E-state index contributed by atoms with van der Waals surface area (Å²) in [6.07, 6.45) is 1.83. The van der Waals surface area contributed by atoms with Crippen molar-refractivity contribution in [2.45, 2.75) is 6.42 Å². The SMILES string of the molecule is O=C(Cc1csc(-c2ccco2)n1)Nc1ccc(Nc2ccccc2)cc1. The summed E-state index contributed by atoms with van der Waals surface area (Å²) >= 11 is 1.47. The number of para-hydroxylation sites is 1. The van der Waals surface area contributed by atoms with E-state index in [4.69, 9.17) is 4.42 Å². The number of amides is 1. The van der Waals surface area contributed by atoms with Gasteiger partial charge in [0.05, 0.1) is 18.4 Å². The number of anilines is 3. The molecule has 6 heteroatoms. The minimum absolute atomic E-state index is 0.102. The zero-order valence-corrected chi connectivity index (χ0v) is 15.2. The molecule has 0 spiro atoms. The lowest BCUT2D eigenvalue weighted by molar-refractivity contribution is -0.115. The van der Waals surface area contributed by atoms with Crippen LogP contribution in [0, 0.1) is 0 Å². The van der Waals surface area contributed by atoms with Gasteiger partial charge < -0.3 is 15.1 Å². The highest BCUT2D eigenvalue weighted by molar-refractivity contribution is 7.13. The van der Waals surface area contributed by atoms with Crippen LogP contribution in [0.5, 0.6) is 0 Å². The Labute approximate surface area is 160 Å². The third-order valence-corrected chi connectivity index (χ3v) is 4.76. The number of benzene rings is 2.